The third-order valence-electron chi connectivity index (χ3n) is 5.27. The number of piperidine rings is 1. The molecule has 2 aromatic carbocycles. The second-order valence-electron chi connectivity index (χ2n) is 7.69. The number of carbonyl (C=O) groups excluding carboxylic acids is 2. The van der Waals surface area contributed by atoms with Crippen molar-refractivity contribution in [3.63, 3.8) is 0 Å². The minimum Gasteiger partial charge on any atom is -0.493 e. The average Bonchev–Trinajstić information content (AvgIpc) is 2.82. The summed E-state index contributed by atoms with van der Waals surface area (Å²) in [5.74, 6) is 0.600. The maximum absolute atomic E-state index is 12.8. The number of halogens is 1. The maximum Gasteiger partial charge on any atom is 0.246 e. The Labute approximate surface area is 194 Å². The van der Waals surface area contributed by atoms with Crippen molar-refractivity contribution in [1.82, 2.24) is 4.90 Å². The van der Waals surface area contributed by atoms with Gasteiger partial charge < -0.3 is 19.7 Å². The fourth-order valence-corrected chi connectivity index (χ4v) is 3.88. The van der Waals surface area contributed by atoms with E-state index in [2.05, 4.69) is 5.32 Å². The zero-order valence-corrected chi connectivity index (χ0v) is 19.2. The predicted octanol–water partition coefficient (Wildman–Crippen LogP) is 5.03. The Hall–Kier alpha value is -2.99. The molecule has 170 valence electrons. The second kappa shape index (κ2) is 11.6. The number of anilines is 1. The van der Waals surface area contributed by atoms with Crippen molar-refractivity contribution < 1.29 is 19.1 Å². The highest BCUT2D eigenvalue weighted by Gasteiger charge is 2.27. The third-order valence-corrected chi connectivity index (χ3v) is 5.55. The van der Waals surface area contributed by atoms with Crippen LogP contribution in [0, 0.1) is 5.92 Å². The lowest BCUT2D eigenvalue weighted by molar-refractivity contribution is -0.130. The van der Waals surface area contributed by atoms with Crippen LogP contribution in [0.5, 0.6) is 11.5 Å². The zero-order chi connectivity index (χ0) is 22.9. The standard InChI is InChI=1S/C25H29ClN2O4/c1-3-14-32-24-21(26)15-18(16-22(24)31-2)11-12-23(29)28-13-7-8-19(17-28)25(30)27-20-9-5-4-6-10-20/h4-6,9-12,15-16,19H,3,7-8,13-14,17H2,1-2H3,(H,27,30)/b12-11+. The topological polar surface area (TPSA) is 67.9 Å². The molecule has 7 heteroatoms. The molecule has 2 aromatic rings. The van der Waals surface area contributed by atoms with Gasteiger partial charge in [0.25, 0.3) is 0 Å². The van der Waals surface area contributed by atoms with Crippen LogP contribution in [0.4, 0.5) is 5.69 Å². The average molecular weight is 457 g/mol. The number of ether oxygens (including phenoxy) is 2. The van der Waals surface area contributed by atoms with Crippen LogP contribution in [0.25, 0.3) is 6.08 Å². The Morgan fingerprint density at radius 1 is 1.25 bits per heavy atom. The smallest absolute Gasteiger partial charge is 0.246 e. The van der Waals surface area contributed by atoms with Crippen LogP contribution in [0.2, 0.25) is 5.02 Å². The molecule has 6 nitrogen and oxygen atoms in total. The van der Waals surface area contributed by atoms with Gasteiger partial charge in [0.2, 0.25) is 11.8 Å². The SMILES string of the molecule is CCCOc1c(Cl)cc(/C=C/C(=O)N2CCCC(C(=O)Nc3ccccc3)C2)cc1OC. The van der Waals surface area contributed by atoms with Crippen molar-refractivity contribution in [2.24, 2.45) is 5.92 Å². The fraction of sp³-hybridized carbons (Fsp3) is 0.360. The zero-order valence-electron chi connectivity index (χ0n) is 18.5. The quantitative estimate of drug-likeness (QED) is 0.566. The molecule has 1 atom stereocenters. The highest BCUT2D eigenvalue weighted by atomic mass is 35.5. The van der Waals surface area contributed by atoms with E-state index in [0.29, 0.717) is 36.2 Å². The number of likely N-dealkylation sites (tertiary alicyclic amines) is 1. The summed E-state index contributed by atoms with van der Waals surface area (Å²) in [5, 5.41) is 3.36. The number of amides is 2. The van der Waals surface area contributed by atoms with E-state index in [1.54, 1.807) is 30.2 Å². The summed E-state index contributed by atoms with van der Waals surface area (Å²) >= 11 is 6.35. The normalized spacial score (nSPS) is 16.1. The van der Waals surface area contributed by atoms with Crippen molar-refractivity contribution >= 4 is 35.2 Å². The number of methoxy groups -OCH3 is 1. The summed E-state index contributed by atoms with van der Waals surface area (Å²) < 4.78 is 11.1. The van der Waals surface area contributed by atoms with E-state index in [1.165, 1.54) is 6.08 Å². The first-order valence-electron chi connectivity index (χ1n) is 10.8. The van der Waals surface area contributed by atoms with Gasteiger partial charge in [-0.25, -0.2) is 0 Å². The Morgan fingerprint density at radius 2 is 2.03 bits per heavy atom. The van der Waals surface area contributed by atoms with E-state index < -0.39 is 0 Å². The van der Waals surface area contributed by atoms with Gasteiger partial charge in [-0.2, -0.15) is 0 Å². The van der Waals surface area contributed by atoms with Crippen LogP contribution in [-0.4, -0.2) is 43.5 Å². The number of hydrogen-bond acceptors (Lipinski definition) is 4. The Morgan fingerprint density at radius 3 is 2.75 bits per heavy atom. The van der Waals surface area contributed by atoms with Crippen LogP contribution in [-0.2, 0) is 9.59 Å². The number of benzene rings is 2. The molecule has 1 fully saturated rings. The molecule has 0 radical (unpaired) electrons. The van der Waals surface area contributed by atoms with Crippen LogP contribution < -0.4 is 14.8 Å². The van der Waals surface area contributed by atoms with Crippen LogP contribution in [0.1, 0.15) is 31.7 Å². The van der Waals surface area contributed by atoms with E-state index >= 15 is 0 Å². The molecule has 1 saturated heterocycles. The number of rotatable bonds is 8. The lowest BCUT2D eigenvalue weighted by atomic mass is 9.97. The van der Waals surface area contributed by atoms with Gasteiger partial charge in [-0.1, -0.05) is 36.7 Å². The van der Waals surface area contributed by atoms with E-state index in [9.17, 15) is 9.59 Å². The molecule has 1 aliphatic heterocycles. The van der Waals surface area contributed by atoms with Gasteiger partial charge in [-0.15, -0.1) is 0 Å². The van der Waals surface area contributed by atoms with Crippen molar-refractivity contribution in [2.75, 3.05) is 32.1 Å². The van der Waals surface area contributed by atoms with Gasteiger partial charge in [-0.3, -0.25) is 9.59 Å². The molecule has 2 amide bonds. The first-order chi connectivity index (χ1) is 15.5. The first kappa shape index (κ1) is 23.7. The summed E-state index contributed by atoms with van der Waals surface area (Å²) in [6, 6.07) is 12.9. The van der Waals surface area contributed by atoms with Crippen LogP contribution in [0.3, 0.4) is 0 Å². The second-order valence-corrected chi connectivity index (χ2v) is 8.10. The molecule has 32 heavy (non-hydrogen) atoms. The maximum atomic E-state index is 12.8. The molecule has 0 bridgehead atoms. The van der Waals surface area contributed by atoms with Crippen molar-refractivity contribution in [3.05, 3.63) is 59.1 Å². The third kappa shape index (κ3) is 6.26. The number of hydrogen-bond donors (Lipinski definition) is 1. The Bertz CT molecular complexity index is 962. The van der Waals surface area contributed by atoms with E-state index in [-0.39, 0.29) is 17.7 Å². The molecule has 0 saturated carbocycles. The fourth-order valence-electron chi connectivity index (χ4n) is 3.61. The van der Waals surface area contributed by atoms with Gasteiger partial charge >= 0.3 is 0 Å². The molecule has 0 spiro atoms. The molecule has 3 rings (SSSR count). The summed E-state index contributed by atoms with van der Waals surface area (Å²) in [7, 11) is 1.55. The summed E-state index contributed by atoms with van der Waals surface area (Å²) in [4.78, 5) is 27.1. The van der Waals surface area contributed by atoms with Gasteiger partial charge in [-0.05, 0) is 55.2 Å². The molecule has 1 unspecified atom stereocenters. The Kier molecular flexibility index (Phi) is 8.56. The van der Waals surface area contributed by atoms with Crippen molar-refractivity contribution in [1.29, 1.82) is 0 Å². The van der Waals surface area contributed by atoms with E-state index in [1.807, 2.05) is 37.3 Å². The number of para-hydroxylation sites is 1. The lowest BCUT2D eigenvalue weighted by Crippen LogP contribution is -2.43. The number of carbonyl (C=O) groups is 2. The Balaban J connectivity index is 1.63. The summed E-state index contributed by atoms with van der Waals surface area (Å²) in [5.41, 5.74) is 1.50. The van der Waals surface area contributed by atoms with E-state index in [0.717, 1.165) is 30.5 Å². The van der Waals surface area contributed by atoms with Crippen molar-refractivity contribution in [3.8, 4) is 11.5 Å². The van der Waals surface area contributed by atoms with E-state index in [4.69, 9.17) is 21.1 Å². The minimum absolute atomic E-state index is 0.0585. The van der Waals surface area contributed by atoms with Gasteiger partial charge in [0, 0.05) is 24.9 Å². The van der Waals surface area contributed by atoms with Crippen LogP contribution in [0.15, 0.2) is 48.5 Å². The lowest BCUT2D eigenvalue weighted by Gasteiger charge is -2.31. The molecule has 1 heterocycles. The molecular weight excluding hydrogens is 428 g/mol. The van der Waals surface area contributed by atoms with Crippen molar-refractivity contribution in [2.45, 2.75) is 26.2 Å². The van der Waals surface area contributed by atoms with Crippen LogP contribution >= 0.6 is 11.6 Å². The number of nitrogens with zero attached hydrogens (tertiary/aromatic N) is 1. The highest BCUT2D eigenvalue weighted by molar-refractivity contribution is 6.32. The first-order valence-corrected chi connectivity index (χ1v) is 11.2. The molecule has 1 N–H and O–H groups in total. The highest BCUT2D eigenvalue weighted by Crippen LogP contribution is 2.37. The molecular formula is C25H29ClN2O4. The number of nitrogens with one attached hydrogen (secondary N) is 1. The predicted molar refractivity (Wildman–Crippen MR) is 127 cm³/mol. The van der Waals surface area contributed by atoms with Gasteiger partial charge in [0.1, 0.15) is 0 Å². The summed E-state index contributed by atoms with van der Waals surface area (Å²) in [6.45, 7) is 3.58. The molecule has 1 aliphatic rings. The summed E-state index contributed by atoms with van der Waals surface area (Å²) in [6.07, 6.45) is 5.62. The van der Waals surface area contributed by atoms with Gasteiger partial charge in [0.15, 0.2) is 11.5 Å². The minimum atomic E-state index is -0.231. The van der Waals surface area contributed by atoms with Gasteiger partial charge in [0.05, 0.1) is 24.7 Å². The molecule has 0 aromatic heterocycles. The largest absolute Gasteiger partial charge is 0.493 e. The molecule has 0 aliphatic carbocycles. The monoisotopic (exact) mass is 456 g/mol.